The molecule has 0 spiro atoms. The number of halogens is 1. The van der Waals surface area contributed by atoms with Gasteiger partial charge in [-0.05, 0) is 12.0 Å². The van der Waals surface area contributed by atoms with E-state index in [1.807, 2.05) is 11.7 Å². The van der Waals surface area contributed by atoms with Crippen molar-refractivity contribution in [1.29, 1.82) is 0 Å². The minimum atomic E-state index is 0.139. The van der Waals surface area contributed by atoms with Crippen LogP contribution >= 0.6 is 11.6 Å². The Morgan fingerprint density at radius 3 is 2.46 bits per heavy atom. The number of rotatable bonds is 5. The van der Waals surface area contributed by atoms with Crippen LogP contribution in [0.25, 0.3) is 0 Å². The first-order valence-corrected chi connectivity index (χ1v) is 10.9. The molecule has 6 heteroatoms. The van der Waals surface area contributed by atoms with E-state index in [4.69, 9.17) is 11.6 Å². The molecule has 4 aliphatic rings. The van der Waals surface area contributed by atoms with Crippen LogP contribution in [0.4, 0.5) is 0 Å². The molecule has 5 heterocycles. The molecule has 1 aromatic heterocycles. The monoisotopic (exact) mass is 399 g/mol. The van der Waals surface area contributed by atoms with Crippen molar-refractivity contribution in [1.82, 2.24) is 24.9 Å². The first kappa shape index (κ1) is 18.6. The maximum absolute atomic E-state index is 6.58. The van der Waals surface area contributed by atoms with Crippen molar-refractivity contribution in [2.24, 2.45) is 13.0 Å². The molecule has 1 aromatic carbocycles. The van der Waals surface area contributed by atoms with Crippen molar-refractivity contribution in [3.63, 3.8) is 0 Å². The smallest absolute Gasteiger partial charge is 0.131 e. The molecule has 5 nitrogen and oxygen atoms in total. The summed E-state index contributed by atoms with van der Waals surface area (Å²) in [5, 5.41) is 9.36. The highest BCUT2D eigenvalue weighted by Crippen LogP contribution is 2.43. The molecule has 6 rings (SSSR count). The molecule has 0 aliphatic carbocycles. The molecule has 1 N–H and O–H groups in total. The fraction of sp³-hybridized carbons (Fsp3) is 0.591. The van der Waals surface area contributed by atoms with Crippen LogP contribution in [0.3, 0.4) is 0 Å². The zero-order chi connectivity index (χ0) is 19.3. The zero-order valence-corrected chi connectivity index (χ0v) is 17.6. The summed E-state index contributed by atoms with van der Waals surface area (Å²) < 4.78 is 1.81. The van der Waals surface area contributed by atoms with Crippen LogP contribution in [0.1, 0.15) is 23.7 Å². The van der Waals surface area contributed by atoms with Crippen LogP contribution in [0.2, 0.25) is 5.15 Å². The van der Waals surface area contributed by atoms with Crippen molar-refractivity contribution in [3.8, 4) is 0 Å². The van der Waals surface area contributed by atoms with Crippen LogP contribution < -0.4 is 5.32 Å². The number of aromatic nitrogens is 2. The molecule has 0 amide bonds. The van der Waals surface area contributed by atoms with Gasteiger partial charge in [0.15, 0.2) is 0 Å². The Labute approximate surface area is 172 Å². The van der Waals surface area contributed by atoms with Gasteiger partial charge in [-0.15, -0.1) is 0 Å². The van der Waals surface area contributed by atoms with Gasteiger partial charge in [0.25, 0.3) is 0 Å². The van der Waals surface area contributed by atoms with E-state index in [1.165, 1.54) is 37.3 Å². The predicted molar refractivity (Wildman–Crippen MR) is 113 cm³/mol. The van der Waals surface area contributed by atoms with E-state index in [0.717, 1.165) is 36.9 Å². The van der Waals surface area contributed by atoms with Crippen LogP contribution in [0.5, 0.6) is 0 Å². The minimum Gasteiger partial charge on any atom is -0.308 e. The van der Waals surface area contributed by atoms with Crippen molar-refractivity contribution in [3.05, 3.63) is 52.3 Å². The van der Waals surface area contributed by atoms with Gasteiger partial charge in [0.2, 0.25) is 0 Å². The number of aryl methyl sites for hydroxylation is 2. The van der Waals surface area contributed by atoms with E-state index in [0.29, 0.717) is 12.0 Å². The van der Waals surface area contributed by atoms with Gasteiger partial charge in [-0.2, -0.15) is 5.10 Å². The van der Waals surface area contributed by atoms with E-state index >= 15 is 0 Å². The van der Waals surface area contributed by atoms with Crippen LogP contribution in [0.15, 0.2) is 30.3 Å². The molecule has 2 aromatic rings. The third kappa shape index (κ3) is 2.91. The third-order valence-electron chi connectivity index (χ3n) is 7.13. The molecule has 4 bridgehead atoms. The van der Waals surface area contributed by atoms with Crippen molar-refractivity contribution in [2.45, 2.75) is 31.3 Å². The van der Waals surface area contributed by atoms with Gasteiger partial charge in [0, 0.05) is 75.8 Å². The highest BCUT2D eigenvalue weighted by molar-refractivity contribution is 6.30. The molecule has 0 radical (unpaired) electrons. The second kappa shape index (κ2) is 7.13. The molecular weight excluding hydrogens is 370 g/mol. The zero-order valence-electron chi connectivity index (χ0n) is 16.9. The van der Waals surface area contributed by atoms with Gasteiger partial charge in [0.1, 0.15) is 5.15 Å². The molecule has 4 saturated heterocycles. The van der Waals surface area contributed by atoms with E-state index < -0.39 is 0 Å². The number of benzene rings is 1. The van der Waals surface area contributed by atoms with Crippen LogP contribution in [-0.2, 0) is 25.4 Å². The number of nitrogens with one attached hydrogen (secondary N) is 1. The SMILES string of the molecule is CCc1nn(C)c(Cl)c1CNC1C2CN3CCN(C2)CC1(c1ccccc1)C3. The summed E-state index contributed by atoms with van der Waals surface area (Å²) >= 11 is 6.58. The lowest BCUT2D eigenvalue weighted by atomic mass is 9.64. The second-order valence-corrected chi connectivity index (χ2v) is 9.16. The first-order chi connectivity index (χ1) is 13.6. The summed E-state index contributed by atoms with van der Waals surface area (Å²) in [6, 6.07) is 11.6. The number of nitrogens with zero attached hydrogens (tertiary/aromatic N) is 4. The highest BCUT2D eigenvalue weighted by Gasteiger charge is 2.54. The molecule has 3 atom stereocenters. The molecule has 4 aliphatic heterocycles. The molecule has 150 valence electrons. The average Bonchev–Trinajstić information content (AvgIpc) is 2.84. The summed E-state index contributed by atoms with van der Waals surface area (Å²) in [6.07, 6.45) is 0.914. The van der Waals surface area contributed by atoms with E-state index in [9.17, 15) is 0 Å². The quantitative estimate of drug-likeness (QED) is 0.836. The van der Waals surface area contributed by atoms with Gasteiger partial charge in [-0.25, -0.2) is 0 Å². The lowest BCUT2D eigenvalue weighted by molar-refractivity contribution is 0.0174. The Morgan fingerprint density at radius 2 is 1.82 bits per heavy atom. The van der Waals surface area contributed by atoms with Crippen LogP contribution in [0, 0.1) is 5.92 Å². The van der Waals surface area contributed by atoms with E-state index in [1.54, 1.807) is 0 Å². The number of hydrogen-bond acceptors (Lipinski definition) is 4. The Bertz CT molecular complexity index is 832. The normalized spacial score (nSPS) is 34.0. The topological polar surface area (TPSA) is 36.3 Å². The minimum absolute atomic E-state index is 0.139. The van der Waals surface area contributed by atoms with Crippen LogP contribution in [-0.4, -0.2) is 64.9 Å². The molecule has 28 heavy (non-hydrogen) atoms. The second-order valence-electron chi connectivity index (χ2n) is 8.80. The summed E-state index contributed by atoms with van der Waals surface area (Å²) in [7, 11) is 1.93. The summed E-state index contributed by atoms with van der Waals surface area (Å²) in [5.41, 5.74) is 3.89. The van der Waals surface area contributed by atoms with Crippen molar-refractivity contribution < 1.29 is 0 Å². The first-order valence-electron chi connectivity index (χ1n) is 10.5. The number of fused-ring (bicyclic) bond motifs is 1. The fourth-order valence-electron chi connectivity index (χ4n) is 5.95. The third-order valence-corrected chi connectivity index (χ3v) is 7.60. The molecule has 4 fully saturated rings. The summed E-state index contributed by atoms with van der Waals surface area (Å²) in [5.74, 6) is 0.644. The van der Waals surface area contributed by atoms with Gasteiger partial charge < -0.3 is 15.1 Å². The van der Waals surface area contributed by atoms with Gasteiger partial charge >= 0.3 is 0 Å². The largest absolute Gasteiger partial charge is 0.308 e. The Balaban J connectivity index is 1.49. The molecular formula is C22H30ClN5. The van der Waals surface area contributed by atoms with Crippen molar-refractivity contribution in [2.75, 3.05) is 39.3 Å². The van der Waals surface area contributed by atoms with Gasteiger partial charge in [-0.1, -0.05) is 48.9 Å². The van der Waals surface area contributed by atoms with Gasteiger partial charge in [-0.3, -0.25) is 4.68 Å². The average molecular weight is 400 g/mol. The lowest BCUT2D eigenvalue weighted by Gasteiger charge is -2.56. The number of hydrogen-bond donors (Lipinski definition) is 1. The Hall–Kier alpha value is -1.40. The maximum atomic E-state index is 6.58. The van der Waals surface area contributed by atoms with Crippen molar-refractivity contribution >= 4 is 11.6 Å². The highest BCUT2D eigenvalue weighted by atomic mass is 35.5. The number of piperidine rings is 2. The molecule has 3 unspecified atom stereocenters. The standard InChI is InChI=1S/C22H30ClN5/c1-3-19-18(21(23)26(2)25-19)11-24-20-16-12-27-9-10-28(13-16)15-22(20,14-27)17-7-5-4-6-8-17/h4-8,16,20,24H,3,9-15H2,1-2H3. The predicted octanol–water partition coefficient (Wildman–Crippen LogP) is 2.29. The Morgan fingerprint density at radius 1 is 1.14 bits per heavy atom. The maximum Gasteiger partial charge on any atom is 0.131 e. The molecule has 0 saturated carbocycles. The summed E-state index contributed by atoms with van der Waals surface area (Å²) in [6.45, 7) is 10.0. The van der Waals surface area contributed by atoms with Gasteiger partial charge in [0.05, 0.1) is 5.69 Å². The summed E-state index contributed by atoms with van der Waals surface area (Å²) in [4.78, 5) is 5.38. The fourth-order valence-corrected chi connectivity index (χ4v) is 6.16. The Kier molecular flexibility index (Phi) is 4.74. The van der Waals surface area contributed by atoms with E-state index in [-0.39, 0.29) is 5.41 Å². The lowest BCUT2D eigenvalue weighted by Crippen LogP contribution is -2.69. The van der Waals surface area contributed by atoms with E-state index in [2.05, 4.69) is 57.5 Å².